The van der Waals surface area contributed by atoms with Crippen molar-refractivity contribution in [1.29, 1.82) is 0 Å². The van der Waals surface area contributed by atoms with Gasteiger partial charge in [-0.1, -0.05) is 11.6 Å². The van der Waals surface area contributed by atoms with Gasteiger partial charge in [0.2, 0.25) is 0 Å². The topological polar surface area (TPSA) is 59.3 Å². The van der Waals surface area contributed by atoms with Gasteiger partial charge < -0.3 is 4.90 Å². The van der Waals surface area contributed by atoms with Crippen LogP contribution in [0.25, 0.3) is 0 Å². The molecule has 0 saturated heterocycles. The van der Waals surface area contributed by atoms with Gasteiger partial charge in [-0.15, -0.1) is 0 Å². The van der Waals surface area contributed by atoms with Crippen molar-refractivity contribution in [2.45, 2.75) is 13.0 Å². The quantitative estimate of drug-likeness (QED) is 0.470. The fraction of sp³-hybridized carbons (Fsp3) is 0.500. The first-order valence-corrected chi connectivity index (χ1v) is 6.76. The van der Waals surface area contributed by atoms with Crippen LogP contribution in [0.1, 0.15) is 6.92 Å². The van der Waals surface area contributed by atoms with Gasteiger partial charge in [-0.25, -0.2) is 4.98 Å². The van der Waals surface area contributed by atoms with Crippen molar-refractivity contribution in [1.82, 2.24) is 4.98 Å². The number of pyridine rings is 1. The van der Waals surface area contributed by atoms with E-state index in [9.17, 15) is 10.1 Å². The predicted molar refractivity (Wildman–Crippen MR) is 72.1 cm³/mol. The van der Waals surface area contributed by atoms with Crippen molar-refractivity contribution in [3.05, 3.63) is 27.4 Å². The second kappa shape index (κ2) is 6.07. The van der Waals surface area contributed by atoms with E-state index in [0.29, 0.717) is 5.82 Å². The molecule has 0 aliphatic heterocycles. The van der Waals surface area contributed by atoms with E-state index in [1.165, 1.54) is 12.1 Å². The maximum Gasteiger partial charge on any atom is 0.276 e. The highest BCUT2D eigenvalue weighted by molar-refractivity contribution is 7.98. The third-order valence-electron chi connectivity index (χ3n) is 2.41. The Morgan fingerprint density at radius 3 is 2.82 bits per heavy atom. The van der Waals surface area contributed by atoms with E-state index in [2.05, 4.69) is 4.98 Å². The van der Waals surface area contributed by atoms with Crippen LogP contribution in [-0.2, 0) is 0 Å². The van der Waals surface area contributed by atoms with Crippen LogP contribution in [0.3, 0.4) is 0 Å². The lowest BCUT2D eigenvalue weighted by Crippen LogP contribution is -2.31. The molecule has 0 N–H and O–H groups in total. The summed E-state index contributed by atoms with van der Waals surface area (Å²) in [5, 5.41) is 10.9. The lowest BCUT2D eigenvalue weighted by atomic mass is 10.3. The average molecular weight is 276 g/mol. The Labute approximate surface area is 109 Å². The SMILES string of the molecule is CSCC(C)N(C)c1cc([N+](=O)[O-])cc(Cl)n1. The molecule has 0 aliphatic carbocycles. The summed E-state index contributed by atoms with van der Waals surface area (Å²) >= 11 is 7.48. The Morgan fingerprint density at radius 1 is 1.65 bits per heavy atom. The lowest BCUT2D eigenvalue weighted by Gasteiger charge is -2.25. The fourth-order valence-corrected chi connectivity index (χ4v) is 2.24. The first-order valence-electron chi connectivity index (χ1n) is 4.99. The Hall–Kier alpha value is -1.01. The van der Waals surface area contributed by atoms with Gasteiger partial charge in [0.05, 0.1) is 17.1 Å². The zero-order valence-corrected chi connectivity index (χ0v) is 11.5. The summed E-state index contributed by atoms with van der Waals surface area (Å²) in [6.45, 7) is 2.03. The molecule has 1 unspecified atom stereocenters. The van der Waals surface area contributed by atoms with Crippen molar-refractivity contribution >= 4 is 34.9 Å². The first kappa shape index (κ1) is 14.1. The van der Waals surface area contributed by atoms with Crippen LogP contribution in [-0.4, -0.2) is 35.0 Å². The van der Waals surface area contributed by atoms with Crippen LogP contribution in [0.15, 0.2) is 12.1 Å². The third-order valence-corrected chi connectivity index (χ3v) is 3.42. The lowest BCUT2D eigenvalue weighted by molar-refractivity contribution is -0.384. The monoisotopic (exact) mass is 275 g/mol. The third kappa shape index (κ3) is 3.74. The molecule has 17 heavy (non-hydrogen) atoms. The Bertz CT molecular complexity index is 417. The molecule has 1 heterocycles. The number of halogens is 1. The molecule has 5 nitrogen and oxygen atoms in total. The fourth-order valence-electron chi connectivity index (χ4n) is 1.33. The van der Waals surface area contributed by atoms with Crippen LogP contribution in [0.5, 0.6) is 0 Å². The highest BCUT2D eigenvalue weighted by Gasteiger charge is 2.16. The minimum atomic E-state index is -0.468. The molecule has 0 amide bonds. The summed E-state index contributed by atoms with van der Waals surface area (Å²) in [5.74, 6) is 1.43. The zero-order chi connectivity index (χ0) is 13.0. The smallest absolute Gasteiger partial charge is 0.276 e. The van der Waals surface area contributed by atoms with E-state index in [-0.39, 0.29) is 16.9 Å². The summed E-state index contributed by atoms with van der Waals surface area (Å²) in [6.07, 6.45) is 2.01. The van der Waals surface area contributed by atoms with Gasteiger partial charge in [-0.2, -0.15) is 11.8 Å². The summed E-state index contributed by atoms with van der Waals surface area (Å²) < 4.78 is 0. The summed E-state index contributed by atoms with van der Waals surface area (Å²) in [6, 6.07) is 2.91. The van der Waals surface area contributed by atoms with E-state index in [4.69, 9.17) is 11.6 Å². The number of nitro groups is 1. The minimum absolute atomic E-state index is 0.0387. The van der Waals surface area contributed by atoms with Crippen molar-refractivity contribution in [2.24, 2.45) is 0 Å². The second-order valence-electron chi connectivity index (χ2n) is 3.68. The van der Waals surface area contributed by atoms with Crippen LogP contribution in [0.2, 0.25) is 5.15 Å². The Kier molecular flexibility index (Phi) is 5.02. The Balaban J connectivity index is 3.01. The average Bonchev–Trinajstić information content (AvgIpc) is 2.27. The minimum Gasteiger partial charge on any atom is -0.356 e. The van der Waals surface area contributed by atoms with Gasteiger partial charge >= 0.3 is 0 Å². The first-order chi connectivity index (χ1) is 7.95. The van der Waals surface area contributed by atoms with Gasteiger partial charge in [0, 0.05) is 18.8 Å². The van der Waals surface area contributed by atoms with E-state index in [1.54, 1.807) is 11.8 Å². The van der Waals surface area contributed by atoms with Crippen LogP contribution in [0, 0.1) is 10.1 Å². The van der Waals surface area contributed by atoms with Crippen LogP contribution in [0.4, 0.5) is 11.5 Å². The van der Waals surface area contributed by atoms with E-state index in [1.807, 2.05) is 25.1 Å². The van der Waals surface area contributed by atoms with E-state index >= 15 is 0 Å². The molecule has 0 fully saturated rings. The van der Waals surface area contributed by atoms with Crippen LogP contribution < -0.4 is 4.90 Å². The van der Waals surface area contributed by atoms with Crippen molar-refractivity contribution in [3.63, 3.8) is 0 Å². The van der Waals surface area contributed by atoms with Crippen molar-refractivity contribution in [2.75, 3.05) is 24.0 Å². The molecule has 0 aliphatic rings. The molecular weight excluding hydrogens is 262 g/mol. The van der Waals surface area contributed by atoms with Crippen molar-refractivity contribution < 1.29 is 4.92 Å². The number of anilines is 1. The molecule has 0 radical (unpaired) electrons. The molecule has 94 valence electrons. The molecular formula is C10H14ClN3O2S. The van der Waals surface area contributed by atoms with Gasteiger partial charge in [-0.05, 0) is 13.2 Å². The summed E-state index contributed by atoms with van der Waals surface area (Å²) in [4.78, 5) is 16.2. The molecule has 0 spiro atoms. The molecule has 1 aromatic heterocycles. The highest BCUT2D eigenvalue weighted by Crippen LogP contribution is 2.24. The molecule has 7 heteroatoms. The Morgan fingerprint density at radius 2 is 2.29 bits per heavy atom. The predicted octanol–water partition coefficient (Wildman–Crippen LogP) is 2.83. The number of aromatic nitrogens is 1. The molecule has 1 atom stereocenters. The van der Waals surface area contributed by atoms with Gasteiger partial charge in [0.1, 0.15) is 11.0 Å². The summed E-state index contributed by atoms with van der Waals surface area (Å²) in [7, 11) is 1.85. The number of rotatable bonds is 5. The maximum absolute atomic E-state index is 10.7. The van der Waals surface area contributed by atoms with Crippen LogP contribution >= 0.6 is 23.4 Å². The number of nitrogens with zero attached hydrogens (tertiary/aromatic N) is 3. The molecule has 1 aromatic rings. The van der Waals surface area contributed by atoms with E-state index in [0.717, 1.165) is 5.75 Å². The zero-order valence-electron chi connectivity index (χ0n) is 9.88. The van der Waals surface area contributed by atoms with Gasteiger partial charge in [0.15, 0.2) is 0 Å². The second-order valence-corrected chi connectivity index (χ2v) is 4.98. The largest absolute Gasteiger partial charge is 0.356 e. The standard InChI is InChI=1S/C10H14ClN3O2S/c1-7(6-17-3)13(2)10-5-8(14(15)16)4-9(11)12-10/h4-5,7H,6H2,1-3H3. The van der Waals surface area contributed by atoms with E-state index < -0.39 is 4.92 Å². The number of hydrogen-bond acceptors (Lipinski definition) is 5. The molecule has 0 saturated carbocycles. The van der Waals surface area contributed by atoms with Gasteiger partial charge in [0.25, 0.3) is 5.69 Å². The molecule has 0 bridgehead atoms. The number of hydrogen-bond donors (Lipinski definition) is 0. The molecule has 1 rings (SSSR count). The van der Waals surface area contributed by atoms with Gasteiger partial charge in [-0.3, -0.25) is 10.1 Å². The normalized spacial score (nSPS) is 12.2. The maximum atomic E-state index is 10.7. The van der Waals surface area contributed by atoms with Crippen molar-refractivity contribution in [3.8, 4) is 0 Å². The highest BCUT2D eigenvalue weighted by atomic mass is 35.5. The number of thioether (sulfide) groups is 1. The summed E-state index contributed by atoms with van der Waals surface area (Å²) in [5.41, 5.74) is -0.0387. The molecule has 0 aromatic carbocycles.